The standard InChI is InChI=1S/C19H14N4O3S/c20-10-13(9-12-5-1-3-7-16(12)23(25)26)18(24)22-19-15(11-21)14-6-2-4-8-17(14)27-19/h1,3,5,7,9H,2,4,6,8H2,(H,22,24). The van der Waals surface area contributed by atoms with Crippen LogP contribution in [0, 0.1) is 32.8 Å². The highest BCUT2D eigenvalue weighted by molar-refractivity contribution is 7.16. The summed E-state index contributed by atoms with van der Waals surface area (Å²) in [4.78, 5) is 24.2. The number of thiophene rings is 1. The summed E-state index contributed by atoms with van der Waals surface area (Å²) >= 11 is 1.36. The lowest BCUT2D eigenvalue weighted by Gasteiger charge is -2.09. The van der Waals surface area contributed by atoms with Crippen molar-refractivity contribution in [3.63, 3.8) is 0 Å². The lowest BCUT2D eigenvalue weighted by atomic mass is 9.96. The minimum atomic E-state index is -0.689. The van der Waals surface area contributed by atoms with Gasteiger partial charge in [0.25, 0.3) is 11.6 Å². The number of hydrogen-bond donors (Lipinski definition) is 1. The van der Waals surface area contributed by atoms with Crippen LogP contribution in [0.5, 0.6) is 0 Å². The summed E-state index contributed by atoms with van der Waals surface area (Å²) in [6.45, 7) is 0. The molecule has 3 rings (SSSR count). The number of rotatable bonds is 4. The van der Waals surface area contributed by atoms with Gasteiger partial charge in [0.15, 0.2) is 0 Å². The fourth-order valence-electron chi connectivity index (χ4n) is 3.02. The second-order valence-electron chi connectivity index (χ2n) is 5.97. The fourth-order valence-corrected chi connectivity index (χ4v) is 4.26. The Morgan fingerprint density at radius 3 is 2.70 bits per heavy atom. The summed E-state index contributed by atoms with van der Waals surface area (Å²) in [5, 5.41) is 33.0. The first kappa shape index (κ1) is 18.3. The number of anilines is 1. The molecule has 0 bridgehead atoms. The van der Waals surface area contributed by atoms with Crippen LogP contribution in [0.4, 0.5) is 10.7 Å². The first-order chi connectivity index (χ1) is 13.0. The van der Waals surface area contributed by atoms with Crippen LogP contribution in [-0.2, 0) is 17.6 Å². The summed E-state index contributed by atoms with van der Waals surface area (Å²) in [6, 6.07) is 9.80. The van der Waals surface area contributed by atoms with E-state index in [2.05, 4.69) is 11.4 Å². The minimum Gasteiger partial charge on any atom is -0.312 e. The van der Waals surface area contributed by atoms with E-state index in [4.69, 9.17) is 0 Å². The fraction of sp³-hybridized carbons (Fsp3) is 0.211. The number of nitrogens with zero attached hydrogens (tertiary/aromatic N) is 3. The number of hydrogen-bond acceptors (Lipinski definition) is 6. The van der Waals surface area contributed by atoms with E-state index in [0.29, 0.717) is 10.6 Å². The summed E-state index contributed by atoms with van der Waals surface area (Å²) in [5.41, 5.74) is 1.14. The van der Waals surface area contributed by atoms with Crippen molar-refractivity contribution in [3.05, 3.63) is 61.5 Å². The molecule has 1 aromatic heterocycles. The first-order valence-corrected chi connectivity index (χ1v) is 9.08. The Balaban J connectivity index is 1.92. The summed E-state index contributed by atoms with van der Waals surface area (Å²) < 4.78 is 0. The second kappa shape index (κ2) is 7.81. The third-order valence-corrected chi connectivity index (χ3v) is 5.52. The predicted molar refractivity (Wildman–Crippen MR) is 101 cm³/mol. The van der Waals surface area contributed by atoms with Crippen LogP contribution >= 0.6 is 11.3 Å². The number of nitro benzene ring substituents is 1. The van der Waals surface area contributed by atoms with Crippen molar-refractivity contribution >= 4 is 34.0 Å². The number of carbonyl (C=O) groups is 1. The molecule has 0 unspecified atom stereocenters. The van der Waals surface area contributed by atoms with Gasteiger partial charge in [-0.1, -0.05) is 12.1 Å². The number of benzene rings is 1. The van der Waals surface area contributed by atoms with Gasteiger partial charge in [0.2, 0.25) is 0 Å². The second-order valence-corrected chi connectivity index (χ2v) is 7.07. The van der Waals surface area contributed by atoms with Crippen molar-refractivity contribution in [1.29, 1.82) is 10.5 Å². The van der Waals surface area contributed by atoms with Gasteiger partial charge in [0, 0.05) is 10.9 Å². The Kier molecular flexibility index (Phi) is 5.30. The van der Waals surface area contributed by atoms with Crippen molar-refractivity contribution < 1.29 is 9.72 Å². The molecule has 0 saturated heterocycles. The highest BCUT2D eigenvalue weighted by Crippen LogP contribution is 2.37. The molecule has 134 valence electrons. The third kappa shape index (κ3) is 3.71. The molecule has 0 atom stereocenters. The lowest BCUT2D eigenvalue weighted by Crippen LogP contribution is -2.13. The molecule has 7 nitrogen and oxygen atoms in total. The van der Waals surface area contributed by atoms with Crippen molar-refractivity contribution in [1.82, 2.24) is 0 Å². The minimum absolute atomic E-state index is 0.167. The smallest absolute Gasteiger partial charge is 0.276 e. The van der Waals surface area contributed by atoms with E-state index in [1.807, 2.05) is 0 Å². The zero-order valence-corrected chi connectivity index (χ0v) is 15.0. The molecule has 1 heterocycles. The maximum atomic E-state index is 12.5. The van der Waals surface area contributed by atoms with Crippen molar-refractivity contribution in [2.24, 2.45) is 0 Å². The van der Waals surface area contributed by atoms with Crippen LogP contribution in [0.2, 0.25) is 0 Å². The molecule has 1 aliphatic carbocycles. The Morgan fingerprint density at radius 2 is 2.00 bits per heavy atom. The van der Waals surface area contributed by atoms with Crippen LogP contribution in [0.25, 0.3) is 6.08 Å². The molecule has 1 N–H and O–H groups in total. The van der Waals surface area contributed by atoms with E-state index in [0.717, 1.165) is 36.1 Å². The molecule has 0 fully saturated rings. The Hall–Kier alpha value is -3.49. The highest BCUT2D eigenvalue weighted by atomic mass is 32.1. The predicted octanol–water partition coefficient (Wildman–Crippen LogP) is 3.95. The first-order valence-electron chi connectivity index (χ1n) is 8.26. The highest BCUT2D eigenvalue weighted by Gasteiger charge is 2.23. The van der Waals surface area contributed by atoms with Gasteiger partial charge >= 0.3 is 0 Å². The number of aryl methyl sites for hydroxylation is 1. The van der Waals surface area contributed by atoms with Crippen molar-refractivity contribution in [2.45, 2.75) is 25.7 Å². The van der Waals surface area contributed by atoms with Gasteiger partial charge in [-0.05, 0) is 43.4 Å². The van der Waals surface area contributed by atoms with Crippen LogP contribution < -0.4 is 5.32 Å². The molecule has 8 heteroatoms. The number of para-hydroxylation sites is 1. The van der Waals surface area contributed by atoms with Crippen molar-refractivity contribution in [2.75, 3.05) is 5.32 Å². The maximum absolute atomic E-state index is 12.5. The number of nitrogens with one attached hydrogen (secondary N) is 1. The van der Waals surface area contributed by atoms with Gasteiger partial charge in [0.05, 0.1) is 16.1 Å². The summed E-state index contributed by atoms with van der Waals surface area (Å²) in [6.07, 6.45) is 4.93. The van der Waals surface area contributed by atoms with E-state index >= 15 is 0 Å². The van der Waals surface area contributed by atoms with E-state index in [9.17, 15) is 25.4 Å². The van der Waals surface area contributed by atoms with Crippen LogP contribution in [-0.4, -0.2) is 10.8 Å². The molecule has 1 aromatic carbocycles. The molecular formula is C19H14N4O3S. The normalized spacial score (nSPS) is 13.2. The third-order valence-electron chi connectivity index (χ3n) is 4.31. The van der Waals surface area contributed by atoms with Gasteiger partial charge in [-0.2, -0.15) is 10.5 Å². The molecule has 1 aliphatic rings. The van der Waals surface area contributed by atoms with Crippen molar-refractivity contribution in [3.8, 4) is 12.1 Å². The molecule has 0 radical (unpaired) electrons. The van der Waals surface area contributed by atoms with Gasteiger partial charge < -0.3 is 5.32 Å². The average molecular weight is 378 g/mol. The molecule has 0 spiro atoms. The number of amides is 1. The molecule has 1 amide bonds. The van der Waals surface area contributed by atoms with E-state index < -0.39 is 10.8 Å². The Morgan fingerprint density at radius 1 is 1.26 bits per heavy atom. The van der Waals surface area contributed by atoms with Gasteiger partial charge in [0.1, 0.15) is 22.7 Å². The molecule has 27 heavy (non-hydrogen) atoms. The molecule has 0 saturated carbocycles. The molecule has 0 aliphatic heterocycles. The van der Waals surface area contributed by atoms with Gasteiger partial charge in [-0.15, -0.1) is 11.3 Å². The molecule has 2 aromatic rings. The zero-order chi connectivity index (χ0) is 19.4. The monoisotopic (exact) mass is 378 g/mol. The summed E-state index contributed by atoms with van der Waals surface area (Å²) in [5.74, 6) is -0.689. The largest absolute Gasteiger partial charge is 0.312 e. The SMILES string of the molecule is N#CC(=Cc1ccccc1[N+](=O)[O-])C(=O)Nc1sc2c(c1C#N)CCCC2. The maximum Gasteiger partial charge on any atom is 0.276 e. The quantitative estimate of drug-likeness (QED) is 0.374. The number of nitriles is 2. The van der Waals surface area contributed by atoms with Gasteiger partial charge in [-0.3, -0.25) is 14.9 Å². The van der Waals surface area contributed by atoms with Gasteiger partial charge in [-0.25, -0.2) is 0 Å². The number of carbonyl (C=O) groups excluding carboxylic acids is 1. The lowest BCUT2D eigenvalue weighted by molar-refractivity contribution is -0.385. The number of fused-ring (bicyclic) bond motifs is 1. The van der Waals surface area contributed by atoms with Crippen LogP contribution in [0.15, 0.2) is 29.8 Å². The Bertz CT molecular complexity index is 1040. The van der Waals surface area contributed by atoms with Crippen LogP contribution in [0.1, 0.15) is 34.4 Å². The summed E-state index contributed by atoms with van der Waals surface area (Å²) in [7, 11) is 0. The number of nitro groups is 1. The van der Waals surface area contributed by atoms with E-state index in [1.54, 1.807) is 12.1 Å². The average Bonchev–Trinajstić information content (AvgIpc) is 3.02. The van der Waals surface area contributed by atoms with E-state index in [-0.39, 0.29) is 16.8 Å². The van der Waals surface area contributed by atoms with E-state index in [1.165, 1.54) is 35.6 Å². The topological polar surface area (TPSA) is 120 Å². The Labute approximate surface area is 159 Å². The van der Waals surface area contributed by atoms with Crippen LogP contribution in [0.3, 0.4) is 0 Å². The zero-order valence-electron chi connectivity index (χ0n) is 14.2. The molecular weight excluding hydrogens is 364 g/mol.